The molecule has 0 aliphatic carbocycles. The maximum atomic E-state index is 12.5. The Balaban J connectivity index is 1.42. The number of hydrogen-bond donors (Lipinski definition) is 2. The van der Waals surface area contributed by atoms with Gasteiger partial charge in [0, 0.05) is 26.2 Å². The fourth-order valence-electron chi connectivity index (χ4n) is 3.79. The van der Waals surface area contributed by atoms with Crippen LogP contribution in [0.1, 0.15) is 17.5 Å². The van der Waals surface area contributed by atoms with E-state index in [1.807, 2.05) is 42.5 Å². The van der Waals surface area contributed by atoms with Crippen molar-refractivity contribution in [1.29, 1.82) is 0 Å². The van der Waals surface area contributed by atoms with Crippen molar-refractivity contribution in [3.8, 4) is 0 Å². The summed E-state index contributed by atoms with van der Waals surface area (Å²) in [6.07, 6.45) is 0.159. The molecule has 4 rings (SSSR count). The van der Waals surface area contributed by atoms with Crippen LogP contribution in [-0.2, 0) is 22.7 Å². The summed E-state index contributed by atoms with van der Waals surface area (Å²) in [5, 5.41) is 8.21. The van der Waals surface area contributed by atoms with E-state index >= 15 is 0 Å². The summed E-state index contributed by atoms with van der Waals surface area (Å²) in [4.78, 5) is 27.1. The van der Waals surface area contributed by atoms with Crippen molar-refractivity contribution in [3.05, 3.63) is 83.9 Å². The van der Waals surface area contributed by atoms with Crippen LogP contribution in [0.15, 0.2) is 72.8 Å². The lowest BCUT2D eigenvalue weighted by Crippen LogP contribution is -2.56. The Hall–Kier alpha value is -3.18. The number of carbonyl (C=O) groups is 2. The lowest BCUT2D eigenvalue weighted by Gasteiger charge is -2.34. The van der Waals surface area contributed by atoms with Crippen LogP contribution in [0, 0.1) is 0 Å². The molecule has 1 heterocycles. The maximum Gasteiger partial charge on any atom is 0.237 e. The highest BCUT2D eigenvalue weighted by Gasteiger charge is 2.31. The second-order valence-corrected chi connectivity index (χ2v) is 7.43. The molecule has 1 saturated heterocycles. The van der Waals surface area contributed by atoms with Gasteiger partial charge in [-0.15, -0.1) is 0 Å². The van der Waals surface area contributed by atoms with Gasteiger partial charge in [0.2, 0.25) is 11.8 Å². The van der Waals surface area contributed by atoms with E-state index in [4.69, 9.17) is 0 Å². The molecule has 1 aliphatic rings. The summed E-state index contributed by atoms with van der Waals surface area (Å²) in [7, 11) is 0. The molecule has 148 valence electrons. The molecule has 0 bridgehead atoms. The van der Waals surface area contributed by atoms with Crippen molar-refractivity contribution in [1.82, 2.24) is 15.5 Å². The van der Waals surface area contributed by atoms with Crippen LogP contribution >= 0.6 is 0 Å². The van der Waals surface area contributed by atoms with E-state index < -0.39 is 6.04 Å². The van der Waals surface area contributed by atoms with Crippen molar-refractivity contribution in [3.63, 3.8) is 0 Å². The molecule has 0 radical (unpaired) electrons. The summed E-state index contributed by atoms with van der Waals surface area (Å²) in [6.45, 7) is 2.46. The van der Waals surface area contributed by atoms with Crippen LogP contribution in [-0.4, -0.2) is 35.8 Å². The van der Waals surface area contributed by atoms with E-state index in [2.05, 4.69) is 45.9 Å². The van der Waals surface area contributed by atoms with Gasteiger partial charge in [-0.1, -0.05) is 66.7 Å². The Morgan fingerprint density at radius 2 is 1.72 bits per heavy atom. The molecule has 0 saturated carbocycles. The minimum absolute atomic E-state index is 0.0769. The number of benzene rings is 3. The molecular weight excluding hydrogens is 362 g/mol. The van der Waals surface area contributed by atoms with Gasteiger partial charge in [0.1, 0.15) is 0 Å². The molecule has 1 aliphatic heterocycles. The number of nitrogens with one attached hydrogen (secondary N) is 2. The van der Waals surface area contributed by atoms with Gasteiger partial charge < -0.3 is 10.6 Å². The van der Waals surface area contributed by atoms with E-state index in [-0.39, 0.29) is 18.2 Å². The van der Waals surface area contributed by atoms with Gasteiger partial charge in [0.25, 0.3) is 0 Å². The molecule has 0 unspecified atom stereocenters. The summed E-state index contributed by atoms with van der Waals surface area (Å²) >= 11 is 0. The first kappa shape index (κ1) is 19.2. The fourth-order valence-corrected chi connectivity index (χ4v) is 3.79. The second kappa shape index (κ2) is 8.88. The summed E-state index contributed by atoms with van der Waals surface area (Å²) in [5.74, 6) is -0.189. The number of fused-ring (bicyclic) bond motifs is 1. The molecule has 5 nitrogen and oxygen atoms in total. The highest BCUT2D eigenvalue weighted by atomic mass is 16.2. The highest BCUT2D eigenvalue weighted by Crippen LogP contribution is 2.19. The van der Waals surface area contributed by atoms with Gasteiger partial charge in [-0.2, -0.15) is 0 Å². The summed E-state index contributed by atoms with van der Waals surface area (Å²) < 4.78 is 0. The van der Waals surface area contributed by atoms with Crippen molar-refractivity contribution >= 4 is 22.6 Å². The first-order valence-corrected chi connectivity index (χ1v) is 9.99. The molecule has 1 atom stereocenters. The fraction of sp³-hybridized carbons (Fsp3) is 0.250. The standard InChI is InChI=1S/C24H25N3O2/c28-23(26-16-18-6-2-1-3-7-18)15-22-24(29)25-12-13-27(22)17-19-10-11-20-8-4-5-9-21(20)14-19/h1-11,14,22H,12-13,15-17H2,(H,25,29)(H,26,28)/t22-/m0/s1. The van der Waals surface area contributed by atoms with E-state index in [0.717, 1.165) is 17.7 Å². The Kier molecular flexibility index (Phi) is 5.86. The SMILES string of the molecule is O=C(C[C@H]1C(=O)NCCN1Cc1ccc2ccccc2c1)NCc1ccccc1. The average molecular weight is 387 g/mol. The third kappa shape index (κ3) is 4.81. The minimum atomic E-state index is -0.453. The lowest BCUT2D eigenvalue weighted by molar-refractivity contribution is -0.134. The number of piperazine rings is 1. The molecular formula is C24H25N3O2. The van der Waals surface area contributed by atoms with E-state index in [0.29, 0.717) is 19.6 Å². The smallest absolute Gasteiger partial charge is 0.237 e. The maximum absolute atomic E-state index is 12.5. The van der Waals surface area contributed by atoms with E-state index in [1.54, 1.807) is 0 Å². The molecule has 3 aromatic rings. The average Bonchev–Trinajstić information content (AvgIpc) is 2.75. The summed E-state index contributed by atoms with van der Waals surface area (Å²) in [5.41, 5.74) is 2.19. The largest absolute Gasteiger partial charge is 0.353 e. The highest BCUT2D eigenvalue weighted by molar-refractivity contribution is 5.89. The van der Waals surface area contributed by atoms with Crippen molar-refractivity contribution in [2.75, 3.05) is 13.1 Å². The predicted octanol–water partition coefficient (Wildman–Crippen LogP) is 2.85. The predicted molar refractivity (Wildman–Crippen MR) is 114 cm³/mol. The monoisotopic (exact) mass is 387 g/mol. The molecule has 2 N–H and O–H groups in total. The van der Waals surface area contributed by atoms with Crippen LogP contribution in [0.25, 0.3) is 10.8 Å². The first-order chi connectivity index (χ1) is 14.2. The Labute approximate surface area is 170 Å². The molecule has 29 heavy (non-hydrogen) atoms. The number of carbonyl (C=O) groups excluding carboxylic acids is 2. The molecule has 2 amide bonds. The Bertz CT molecular complexity index is 1000. The summed E-state index contributed by atoms with van der Waals surface area (Å²) in [6, 6.07) is 23.9. The van der Waals surface area contributed by atoms with E-state index in [1.165, 1.54) is 10.8 Å². The van der Waals surface area contributed by atoms with Gasteiger partial charge in [-0.3, -0.25) is 14.5 Å². The normalized spacial score (nSPS) is 17.1. The van der Waals surface area contributed by atoms with Crippen LogP contribution < -0.4 is 10.6 Å². The van der Waals surface area contributed by atoms with Crippen LogP contribution in [0.4, 0.5) is 0 Å². The van der Waals surface area contributed by atoms with Gasteiger partial charge in [-0.05, 0) is 28.0 Å². The zero-order chi connectivity index (χ0) is 20.1. The minimum Gasteiger partial charge on any atom is -0.353 e. The number of hydrogen-bond acceptors (Lipinski definition) is 3. The topological polar surface area (TPSA) is 61.4 Å². The number of rotatable bonds is 6. The molecule has 1 fully saturated rings. The Morgan fingerprint density at radius 3 is 2.55 bits per heavy atom. The zero-order valence-electron chi connectivity index (χ0n) is 16.3. The molecule has 3 aromatic carbocycles. The van der Waals surface area contributed by atoms with Gasteiger partial charge >= 0.3 is 0 Å². The molecule has 0 spiro atoms. The zero-order valence-corrected chi connectivity index (χ0v) is 16.3. The van der Waals surface area contributed by atoms with E-state index in [9.17, 15) is 9.59 Å². The number of amides is 2. The van der Waals surface area contributed by atoms with Crippen molar-refractivity contribution < 1.29 is 9.59 Å². The van der Waals surface area contributed by atoms with Crippen LogP contribution in [0.3, 0.4) is 0 Å². The van der Waals surface area contributed by atoms with Crippen LogP contribution in [0.2, 0.25) is 0 Å². The van der Waals surface area contributed by atoms with Crippen molar-refractivity contribution in [2.24, 2.45) is 0 Å². The quantitative estimate of drug-likeness (QED) is 0.684. The van der Waals surface area contributed by atoms with Crippen LogP contribution in [0.5, 0.6) is 0 Å². The second-order valence-electron chi connectivity index (χ2n) is 7.43. The molecule has 0 aromatic heterocycles. The van der Waals surface area contributed by atoms with Crippen molar-refractivity contribution in [2.45, 2.75) is 25.6 Å². The first-order valence-electron chi connectivity index (χ1n) is 9.99. The lowest BCUT2D eigenvalue weighted by atomic mass is 10.0. The Morgan fingerprint density at radius 1 is 0.966 bits per heavy atom. The number of nitrogens with zero attached hydrogens (tertiary/aromatic N) is 1. The third-order valence-corrected chi connectivity index (χ3v) is 5.35. The molecule has 5 heteroatoms. The third-order valence-electron chi connectivity index (χ3n) is 5.35. The van der Waals surface area contributed by atoms with Gasteiger partial charge in [-0.25, -0.2) is 0 Å². The van der Waals surface area contributed by atoms with Gasteiger partial charge in [0.15, 0.2) is 0 Å². The van der Waals surface area contributed by atoms with Gasteiger partial charge in [0.05, 0.1) is 12.5 Å².